The van der Waals surface area contributed by atoms with Crippen LogP contribution in [0, 0.1) is 0 Å². The number of hydrogen-bond donors (Lipinski definition) is 1. The summed E-state index contributed by atoms with van der Waals surface area (Å²) < 4.78 is 4.76. The maximum absolute atomic E-state index is 11.3. The lowest BCUT2D eigenvalue weighted by molar-refractivity contribution is -0.153. The van der Waals surface area contributed by atoms with Crippen LogP contribution in [0.1, 0.15) is 30.9 Å². The van der Waals surface area contributed by atoms with Gasteiger partial charge in [0.25, 0.3) is 0 Å². The van der Waals surface area contributed by atoms with Crippen LogP contribution >= 0.6 is 0 Å². The van der Waals surface area contributed by atoms with Crippen molar-refractivity contribution in [2.75, 3.05) is 0 Å². The first-order valence-corrected chi connectivity index (χ1v) is 4.28. The molecule has 76 valence electrons. The highest BCUT2D eigenvalue weighted by molar-refractivity contribution is 5.85. The minimum atomic E-state index is -1.46. The third-order valence-electron chi connectivity index (χ3n) is 1.72. The van der Waals surface area contributed by atoms with Crippen molar-refractivity contribution >= 4 is 5.97 Å². The highest BCUT2D eigenvalue weighted by Crippen LogP contribution is 2.11. The second-order valence-electron chi connectivity index (χ2n) is 2.99. The largest absolute Gasteiger partial charge is 0.428 e. The van der Waals surface area contributed by atoms with Gasteiger partial charge in [0.1, 0.15) is 0 Å². The monoisotopic (exact) mass is 196 g/mol. The molecule has 1 heterocycles. The molecule has 1 aromatic rings. The van der Waals surface area contributed by atoms with Crippen LogP contribution < -0.4 is 0 Å². The van der Waals surface area contributed by atoms with Crippen molar-refractivity contribution in [2.45, 2.75) is 26.1 Å². The van der Waals surface area contributed by atoms with Gasteiger partial charge in [-0.15, -0.1) is 0 Å². The zero-order valence-electron chi connectivity index (χ0n) is 8.10. The van der Waals surface area contributed by atoms with E-state index in [2.05, 4.69) is 9.97 Å². The molecule has 0 aromatic carbocycles. The average Bonchev–Trinajstić information content (AvgIpc) is 2.19. The summed E-state index contributed by atoms with van der Waals surface area (Å²) in [7, 11) is 0. The Morgan fingerprint density at radius 2 is 2.14 bits per heavy atom. The van der Waals surface area contributed by atoms with Crippen molar-refractivity contribution < 1.29 is 14.6 Å². The zero-order valence-corrected chi connectivity index (χ0v) is 8.10. The Hall–Kier alpha value is -1.49. The number of aromatic nitrogens is 2. The van der Waals surface area contributed by atoms with Crippen molar-refractivity contribution in [1.29, 1.82) is 0 Å². The molecule has 0 bridgehead atoms. The number of hydrogen-bond acceptors (Lipinski definition) is 5. The van der Waals surface area contributed by atoms with Crippen LogP contribution in [-0.2, 0) is 4.74 Å². The molecule has 5 heteroatoms. The molecule has 0 aliphatic rings. The van der Waals surface area contributed by atoms with Crippen molar-refractivity contribution in [3.63, 3.8) is 0 Å². The van der Waals surface area contributed by atoms with Gasteiger partial charge in [0.2, 0.25) is 11.6 Å². The van der Waals surface area contributed by atoms with Crippen LogP contribution in [-0.4, -0.2) is 26.8 Å². The predicted molar refractivity (Wildman–Crippen MR) is 48.4 cm³/mol. The molecular weight excluding hydrogens is 184 g/mol. The number of rotatable bonds is 3. The molecule has 0 saturated heterocycles. The lowest BCUT2D eigenvalue weighted by Crippen LogP contribution is -2.31. The van der Waals surface area contributed by atoms with Crippen LogP contribution in [0.5, 0.6) is 0 Å². The summed E-state index contributed by atoms with van der Waals surface area (Å²) >= 11 is 0. The normalized spacial score (nSPS) is 14.5. The molecule has 1 N–H and O–H groups in total. The van der Waals surface area contributed by atoms with E-state index < -0.39 is 11.8 Å². The topological polar surface area (TPSA) is 72.3 Å². The van der Waals surface area contributed by atoms with Gasteiger partial charge in [-0.3, -0.25) is 0 Å². The quantitative estimate of drug-likeness (QED) is 0.570. The molecular formula is C9H12N2O3. The Morgan fingerprint density at radius 3 is 2.64 bits per heavy atom. The lowest BCUT2D eigenvalue weighted by Gasteiger charge is -2.20. The summed E-state index contributed by atoms with van der Waals surface area (Å²) in [5, 5.41) is 9.46. The molecule has 1 unspecified atom stereocenters. The van der Waals surface area contributed by atoms with E-state index in [0.717, 1.165) is 0 Å². The molecule has 5 nitrogen and oxygen atoms in total. The van der Waals surface area contributed by atoms with E-state index in [-0.39, 0.29) is 5.82 Å². The molecule has 0 aliphatic heterocycles. The second-order valence-corrected chi connectivity index (χ2v) is 2.99. The van der Waals surface area contributed by atoms with Crippen molar-refractivity contribution in [1.82, 2.24) is 9.97 Å². The molecule has 1 rings (SSSR count). The van der Waals surface area contributed by atoms with Crippen LogP contribution in [0.25, 0.3) is 0 Å². The van der Waals surface area contributed by atoms with E-state index >= 15 is 0 Å². The fourth-order valence-electron chi connectivity index (χ4n) is 0.722. The average molecular weight is 196 g/mol. The number of carbonyl (C=O) groups is 1. The number of nitrogens with zero attached hydrogens (tertiary/aromatic N) is 2. The number of ether oxygens (including phenoxy) is 1. The third-order valence-corrected chi connectivity index (χ3v) is 1.72. The Kier molecular flexibility index (Phi) is 3.14. The summed E-state index contributed by atoms with van der Waals surface area (Å²) in [5.41, 5.74) is 0. The van der Waals surface area contributed by atoms with Crippen molar-refractivity contribution in [2.24, 2.45) is 0 Å². The van der Waals surface area contributed by atoms with E-state index in [0.29, 0.717) is 6.42 Å². The van der Waals surface area contributed by atoms with Gasteiger partial charge >= 0.3 is 5.97 Å². The molecule has 1 atom stereocenters. The molecule has 0 aliphatic carbocycles. The number of esters is 1. The summed E-state index contributed by atoms with van der Waals surface area (Å²) in [5.74, 6) is -2.24. The predicted octanol–water partition coefficient (Wildman–Crippen LogP) is 0.752. The fraction of sp³-hybridized carbons (Fsp3) is 0.444. The first kappa shape index (κ1) is 10.6. The van der Waals surface area contributed by atoms with Gasteiger partial charge in [0.05, 0.1) is 0 Å². The van der Waals surface area contributed by atoms with Gasteiger partial charge in [0.15, 0.2) is 0 Å². The minimum absolute atomic E-state index is 0.0544. The van der Waals surface area contributed by atoms with E-state index in [4.69, 9.17) is 4.74 Å². The van der Waals surface area contributed by atoms with E-state index in [1.54, 1.807) is 13.0 Å². The first-order chi connectivity index (χ1) is 6.55. The van der Waals surface area contributed by atoms with Crippen molar-refractivity contribution in [3.05, 3.63) is 24.3 Å². The smallest absolute Gasteiger partial charge is 0.378 e. The van der Waals surface area contributed by atoms with Crippen molar-refractivity contribution in [3.8, 4) is 0 Å². The Balaban J connectivity index is 2.69. The molecule has 0 radical (unpaired) electrons. The van der Waals surface area contributed by atoms with E-state index in [1.807, 2.05) is 0 Å². The molecule has 0 saturated carbocycles. The minimum Gasteiger partial charge on any atom is -0.428 e. The lowest BCUT2D eigenvalue weighted by atomic mass is 10.2. The standard InChI is InChI=1S/C9H12N2O3/c1-3-9(2,13)14-8(12)7-10-5-4-6-11-7/h4-6,13H,3H2,1-2H3. The molecule has 1 aromatic heterocycles. The van der Waals surface area contributed by atoms with Gasteiger partial charge in [0, 0.05) is 25.7 Å². The van der Waals surface area contributed by atoms with Crippen LogP contribution in [0.15, 0.2) is 18.5 Å². The molecule has 0 fully saturated rings. The number of aliphatic hydroxyl groups is 1. The summed E-state index contributed by atoms with van der Waals surface area (Å²) in [6, 6.07) is 1.59. The highest BCUT2D eigenvalue weighted by atomic mass is 16.7. The van der Waals surface area contributed by atoms with Gasteiger partial charge < -0.3 is 9.84 Å². The summed E-state index contributed by atoms with van der Waals surface area (Å²) in [6.07, 6.45) is 3.18. The van der Waals surface area contributed by atoms with Gasteiger partial charge in [-0.05, 0) is 6.07 Å². The third kappa shape index (κ3) is 2.77. The first-order valence-electron chi connectivity index (χ1n) is 4.28. The second kappa shape index (κ2) is 4.15. The van der Waals surface area contributed by atoms with Gasteiger partial charge in [-0.1, -0.05) is 6.92 Å². The van der Waals surface area contributed by atoms with E-state index in [9.17, 15) is 9.90 Å². The summed E-state index contributed by atoms with van der Waals surface area (Å²) in [4.78, 5) is 18.7. The SMILES string of the molecule is CCC(C)(O)OC(=O)c1ncccn1. The highest BCUT2D eigenvalue weighted by Gasteiger charge is 2.24. The summed E-state index contributed by atoms with van der Waals surface area (Å²) in [6.45, 7) is 3.12. The Bertz CT molecular complexity index is 311. The van der Waals surface area contributed by atoms with Crippen LogP contribution in [0.4, 0.5) is 0 Å². The Morgan fingerprint density at radius 1 is 1.57 bits per heavy atom. The van der Waals surface area contributed by atoms with Gasteiger partial charge in [-0.2, -0.15) is 0 Å². The molecule has 0 spiro atoms. The molecule has 14 heavy (non-hydrogen) atoms. The fourth-order valence-corrected chi connectivity index (χ4v) is 0.722. The number of carbonyl (C=O) groups excluding carboxylic acids is 1. The van der Waals surface area contributed by atoms with Crippen LogP contribution in [0.2, 0.25) is 0 Å². The molecule has 0 amide bonds. The zero-order chi connectivity index (χ0) is 10.6. The Labute approximate surface area is 81.8 Å². The van der Waals surface area contributed by atoms with E-state index in [1.165, 1.54) is 19.3 Å². The van der Waals surface area contributed by atoms with Gasteiger partial charge in [-0.25, -0.2) is 14.8 Å². The van der Waals surface area contributed by atoms with Crippen LogP contribution in [0.3, 0.4) is 0 Å². The maximum atomic E-state index is 11.3. The maximum Gasteiger partial charge on any atom is 0.378 e.